The third-order valence-electron chi connectivity index (χ3n) is 7.49. The maximum atomic E-state index is 12.4. The maximum Gasteiger partial charge on any atom is 0.158 e. The first-order chi connectivity index (χ1) is 10.9. The van der Waals surface area contributed by atoms with Gasteiger partial charge in [-0.15, -0.1) is 0 Å². The van der Waals surface area contributed by atoms with E-state index in [1.165, 1.54) is 0 Å². The molecule has 3 nitrogen and oxygen atoms in total. The number of allylic oxidation sites excluding steroid dienone is 4. The maximum absolute atomic E-state index is 12.4. The smallest absolute Gasteiger partial charge is 0.158 e. The Balaban J connectivity index is 1.84. The summed E-state index contributed by atoms with van der Waals surface area (Å²) in [6.45, 7) is 4.00. The van der Waals surface area contributed by atoms with Crippen LogP contribution in [0.4, 0.5) is 0 Å². The van der Waals surface area contributed by atoms with Gasteiger partial charge in [0.2, 0.25) is 0 Å². The highest BCUT2D eigenvalue weighted by Gasteiger charge is 2.59. The second kappa shape index (κ2) is 4.75. The molecule has 0 N–H and O–H groups in total. The van der Waals surface area contributed by atoms with Crippen LogP contribution in [0.1, 0.15) is 52.4 Å². The molecule has 0 aromatic carbocycles. The van der Waals surface area contributed by atoms with Crippen LogP contribution < -0.4 is 0 Å². The zero-order valence-electron chi connectivity index (χ0n) is 13.9. The van der Waals surface area contributed by atoms with E-state index in [0.29, 0.717) is 36.9 Å². The highest BCUT2D eigenvalue weighted by atomic mass is 16.1. The van der Waals surface area contributed by atoms with E-state index in [1.54, 1.807) is 0 Å². The molecule has 122 valence electrons. The van der Waals surface area contributed by atoms with Crippen molar-refractivity contribution in [3.8, 4) is 0 Å². The lowest BCUT2D eigenvalue weighted by molar-refractivity contribution is -0.132. The van der Waals surface area contributed by atoms with Crippen LogP contribution in [0.25, 0.3) is 0 Å². The number of hydrogen-bond donors (Lipinski definition) is 0. The summed E-state index contributed by atoms with van der Waals surface area (Å²) in [5.74, 6) is 1.51. The van der Waals surface area contributed by atoms with Crippen molar-refractivity contribution in [3.05, 3.63) is 23.3 Å². The van der Waals surface area contributed by atoms with Crippen molar-refractivity contribution in [2.24, 2.45) is 28.6 Å². The molecule has 0 spiro atoms. The summed E-state index contributed by atoms with van der Waals surface area (Å²) >= 11 is 0. The van der Waals surface area contributed by atoms with Crippen molar-refractivity contribution < 1.29 is 14.4 Å². The lowest BCUT2D eigenvalue weighted by Crippen LogP contribution is -2.51. The molecule has 23 heavy (non-hydrogen) atoms. The molecule has 0 aromatic rings. The molecule has 2 fully saturated rings. The number of aldehydes is 1. The van der Waals surface area contributed by atoms with Gasteiger partial charge in [-0.2, -0.15) is 0 Å². The number of rotatable bonds is 1. The second-order valence-corrected chi connectivity index (χ2v) is 8.19. The predicted molar refractivity (Wildman–Crippen MR) is 86.6 cm³/mol. The molecular formula is C20H24O3. The molecule has 4 rings (SSSR count). The quantitative estimate of drug-likeness (QED) is 0.697. The third kappa shape index (κ3) is 1.74. The molecule has 0 heterocycles. The molecule has 0 aromatic heterocycles. The number of carbonyl (C=O) groups is 3. The monoisotopic (exact) mass is 312 g/mol. The van der Waals surface area contributed by atoms with Crippen molar-refractivity contribution in [2.75, 3.05) is 0 Å². The Hall–Kier alpha value is -1.51. The average molecular weight is 312 g/mol. The summed E-state index contributed by atoms with van der Waals surface area (Å²) in [7, 11) is 0. The van der Waals surface area contributed by atoms with Gasteiger partial charge in [0.1, 0.15) is 12.1 Å². The van der Waals surface area contributed by atoms with E-state index in [-0.39, 0.29) is 17.1 Å². The molecular weight excluding hydrogens is 288 g/mol. The van der Waals surface area contributed by atoms with E-state index < -0.39 is 5.41 Å². The zero-order chi connectivity index (χ0) is 16.4. The topological polar surface area (TPSA) is 51.2 Å². The van der Waals surface area contributed by atoms with Gasteiger partial charge in [-0.25, -0.2) is 0 Å². The van der Waals surface area contributed by atoms with Crippen molar-refractivity contribution >= 4 is 17.9 Å². The standard InChI is InChI=1S/C20H24O3/c1-12-14-4-3-13-15-5-6-18(23)19(15,2)9-7-16(13)20(14,11-21)10-8-17(12)22/h3-4,11,13,15-16H,5-10H2,1-2H3/t13-,15-,16-,19-,20+/m0/s1. The normalized spacial score (nSPS) is 45.6. The lowest BCUT2D eigenvalue weighted by atomic mass is 9.48. The van der Waals surface area contributed by atoms with Crippen LogP contribution in [-0.2, 0) is 14.4 Å². The van der Waals surface area contributed by atoms with E-state index in [2.05, 4.69) is 13.0 Å². The number of Topliss-reactive ketones (excluding diaryl/α,β-unsaturated/α-hetero) is 2. The molecule has 0 amide bonds. The highest BCUT2D eigenvalue weighted by molar-refractivity contribution is 5.99. The summed E-state index contributed by atoms with van der Waals surface area (Å²) in [4.78, 5) is 36.7. The number of ketones is 2. The second-order valence-electron chi connectivity index (χ2n) is 8.19. The fourth-order valence-electron chi connectivity index (χ4n) is 6.06. The lowest BCUT2D eigenvalue weighted by Gasteiger charge is -2.54. The average Bonchev–Trinajstić information content (AvgIpc) is 2.86. The Morgan fingerprint density at radius 3 is 2.65 bits per heavy atom. The molecule has 5 atom stereocenters. The van der Waals surface area contributed by atoms with Crippen LogP contribution in [0.3, 0.4) is 0 Å². The highest BCUT2D eigenvalue weighted by Crippen LogP contribution is 2.62. The van der Waals surface area contributed by atoms with Crippen LogP contribution in [0, 0.1) is 28.6 Å². The fraction of sp³-hybridized carbons (Fsp3) is 0.650. The number of hydrogen-bond acceptors (Lipinski definition) is 3. The van der Waals surface area contributed by atoms with Gasteiger partial charge in [0, 0.05) is 18.3 Å². The summed E-state index contributed by atoms with van der Waals surface area (Å²) in [6, 6.07) is 0. The molecule has 0 saturated heterocycles. The van der Waals surface area contributed by atoms with Gasteiger partial charge in [-0.05, 0) is 61.5 Å². The fourth-order valence-corrected chi connectivity index (χ4v) is 6.06. The van der Waals surface area contributed by atoms with Crippen molar-refractivity contribution in [1.29, 1.82) is 0 Å². The third-order valence-corrected chi connectivity index (χ3v) is 7.49. The molecule has 0 unspecified atom stereocenters. The minimum Gasteiger partial charge on any atom is -0.302 e. The molecule has 2 saturated carbocycles. The SMILES string of the molecule is CC1=C2C=C[C@@H]3[C@H](CC[C@]4(C)C(=O)CC[C@@H]34)[C@@]2(C=O)CCC1=O. The summed E-state index contributed by atoms with van der Waals surface area (Å²) in [5.41, 5.74) is 1.03. The predicted octanol–water partition coefficient (Wildman–Crippen LogP) is 3.43. The van der Waals surface area contributed by atoms with Crippen LogP contribution >= 0.6 is 0 Å². The summed E-state index contributed by atoms with van der Waals surface area (Å²) in [5, 5.41) is 0. The van der Waals surface area contributed by atoms with Crippen LogP contribution in [0.2, 0.25) is 0 Å². The first kappa shape index (κ1) is 15.0. The molecule has 4 aliphatic rings. The Kier molecular flexibility index (Phi) is 3.11. The molecule has 0 aliphatic heterocycles. The molecule has 0 radical (unpaired) electrons. The Morgan fingerprint density at radius 2 is 1.91 bits per heavy atom. The van der Waals surface area contributed by atoms with E-state index in [4.69, 9.17) is 0 Å². The van der Waals surface area contributed by atoms with Gasteiger partial charge in [0.15, 0.2) is 5.78 Å². The van der Waals surface area contributed by atoms with Crippen LogP contribution in [0.5, 0.6) is 0 Å². The van der Waals surface area contributed by atoms with Crippen molar-refractivity contribution in [3.63, 3.8) is 0 Å². The van der Waals surface area contributed by atoms with Gasteiger partial charge in [-0.1, -0.05) is 19.1 Å². The Morgan fingerprint density at radius 1 is 1.13 bits per heavy atom. The van der Waals surface area contributed by atoms with E-state index >= 15 is 0 Å². The Labute approximate surface area is 137 Å². The van der Waals surface area contributed by atoms with Gasteiger partial charge in [0.25, 0.3) is 0 Å². The van der Waals surface area contributed by atoms with Gasteiger partial charge >= 0.3 is 0 Å². The van der Waals surface area contributed by atoms with E-state index in [0.717, 1.165) is 36.7 Å². The van der Waals surface area contributed by atoms with Gasteiger partial charge < -0.3 is 4.79 Å². The van der Waals surface area contributed by atoms with Crippen LogP contribution in [0.15, 0.2) is 23.3 Å². The molecule has 0 bridgehead atoms. The van der Waals surface area contributed by atoms with Gasteiger partial charge in [-0.3, -0.25) is 9.59 Å². The van der Waals surface area contributed by atoms with E-state index in [9.17, 15) is 14.4 Å². The Bertz CT molecular complexity index is 670. The first-order valence-corrected chi connectivity index (χ1v) is 8.86. The van der Waals surface area contributed by atoms with Crippen molar-refractivity contribution in [1.82, 2.24) is 0 Å². The van der Waals surface area contributed by atoms with E-state index in [1.807, 2.05) is 13.0 Å². The number of fused-ring (bicyclic) bond motifs is 5. The summed E-state index contributed by atoms with van der Waals surface area (Å²) in [6.07, 6.45) is 9.94. The van der Waals surface area contributed by atoms with Gasteiger partial charge in [0.05, 0.1) is 5.41 Å². The minimum absolute atomic E-state index is 0.178. The largest absolute Gasteiger partial charge is 0.302 e. The zero-order valence-corrected chi connectivity index (χ0v) is 13.9. The van der Waals surface area contributed by atoms with Crippen molar-refractivity contribution in [2.45, 2.75) is 52.4 Å². The van der Waals surface area contributed by atoms with Crippen LogP contribution in [-0.4, -0.2) is 17.9 Å². The molecule has 3 heteroatoms. The first-order valence-electron chi connectivity index (χ1n) is 8.86. The molecule has 4 aliphatic carbocycles. The summed E-state index contributed by atoms with van der Waals surface area (Å²) < 4.78 is 0. The minimum atomic E-state index is -0.496. The number of carbonyl (C=O) groups excluding carboxylic acids is 3.